The number of rotatable bonds is 7. The summed E-state index contributed by atoms with van der Waals surface area (Å²) in [6.07, 6.45) is 5.41. The van der Waals surface area contributed by atoms with Gasteiger partial charge < -0.3 is 5.11 Å². The van der Waals surface area contributed by atoms with Crippen molar-refractivity contribution >= 4 is 16.0 Å². The minimum Gasteiger partial charge on any atom is -0.481 e. The predicted molar refractivity (Wildman–Crippen MR) is 60.6 cm³/mol. The molecule has 2 N–H and O–H groups in total. The predicted octanol–water partition coefficient (Wildman–Crippen LogP) is 0.961. The first-order valence-electron chi connectivity index (χ1n) is 5.69. The summed E-state index contributed by atoms with van der Waals surface area (Å²) in [5.41, 5.74) is 0. The lowest BCUT2D eigenvalue weighted by atomic mass is 10.1. The Morgan fingerprint density at radius 3 is 2.50 bits per heavy atom. The number of hydrogen-bond donors (Lipinski definition) is 2. The van der Waals surface area contributed by atoms with Crippen molar-refractivity contribution < 1.29 is 18.3 Å². The van der Waals surface area contributed by atoms with Crippen molar-refractivity contribution in [2.45, 2.75) is 38.5 Å². The van der Waals surface area contributed by atoms with Crippen molar-refractivity contribution in [3.63, 3.8) is 0 Å². The van der Waals surface area contributed by atoms with E-state index >= 15 is 0 Å². The SMILES string of the molecule is O=C(O)CCS(=O)(=O)NCCC1CCCC1. The van der Waals surface area contributed by atoms with Gasteiger partial charge >= 0.3 is 5.97 Å². The Hall–Kier alpha value is -0.620. The lowest BCUT2D eigenvalue weighted by Crippen LogP contribution is -2.29. The van der Waals surface area contributed by atoms with Gasteiger partial charge in [-0.3, -0.25) is 4.79 Å². The highest BCUT2D eigenvalue weighted by molar-refractivity contribution is 7.89. The Kier molecular flexibility index (Phi) is 5.21. The molecule has 0 aliphatic heterocycles. The quantitative estimate of drug-likeness (QED) is 0.704. The molecule has 0 atom stereocenters. The Labute approximate surface area is 96.3 Å². The third-order valence-electron chi connectivity index (χ3n) is 2.93. The molecular formula is C10H19NO4S. The van der Waals surface area contributed by atoms with Gasteiger partial charge in [-0.1, -0.05) is 25.7 Å². The average Bonchev–Trinajstić information content (AvgIpc) is 2.68. The second kappa shape index (κ2) is 6.20. The molecule has 0 aromatic rings. The van der Waals surface area contributed by atoms with Gasteiger partial charge in [-0.05, 0) is 12.3 Å². The van der Waals surface area contributed by atoms with Gasteiger partial charge in [0.2, 0.25) is 10.0 Å². The number of sulfonamides is 1. The van der Waals surface area contributed by atoms with Crippen LogP contribution in [0.4, 0.5) is 0 Å². The lowest BCUT2D eigenvalue weighted by molar-refractivity contribution is -0.136. The number of carboxylic acid groups (broad SMARTS) is 1. The van der Waals surface area contributed by atoms with E-state index < -0.39 is 16.0 Å². The summed E-state index contributed by atoms with van der Waals surface area (Å²) >= 11 is 0. The van der Waals surface area contributed by atoms with Crippen LogP contribution >= 0.6 is 0 Å². The standard InChI is InChI=1S/C10H19NO4S/c12-10(13)6-8-16(14,15)11-7-5-9-3-1-2-4-9/h9,11H,1-8H2,(H,12,13). The summed E-state index contributed by atoms with van der Waals surface area (Å²) in [7, 11) is -3.40. The summed E-state index contributed by atoms with van der Waals surface area (Å²) in [5.74, 6) is -0.768. The molecule has 1 aliphatic rings. The molecular weight excluding hydrogens is 230 g/mol. The molecule has 0 saturated heterocycles. The van der Waals surface area contributed by atoms with E-state index in [0.29, 0.717) is 12.5 Å². The molecule has 0 radical (unpaired) electrons. The van der Waals surface area contributed by atoms with Gasteiger partial charge in [0.1, 0.15) is 0 Å². The maximum atomic E-state index is 11.3. The lowest BCUT2D eigenvalue weighted by Gasteiger charge is -2.09. The monoisotopic (exact) mass is 249 g/mol. The summed E-state index contributed by atoms with van der Waals surface area (Å²) in [4.78, 5) is 10.2. The van der Waals surface area contributed by atoms with E-state index in [1.165, 1.54) is 25.7 Å². The van der Waals surface area contributed by atoms with Crippen LogP contribution in [0, 0.1) is 5.92 Å². The van der Waals surface area contributed by atoms with Crippen molar-refractivity contribution in [3.05, 3.63) is 0 Å². The zero-order chi connectivity index (χ0) is 12.0. The van der Waals surface area contributed by atoms with E-state index in [0.717, 1.165) is 6.42 Å². The topological polar surface area (TPSA) is 83.5 Å². The fourth-order valence-electron chi connectivity index (χ4n) is 2.01. The van der Waals surface area contributed by atoms with E-state index in [-0.39, 0.29) is 12.2 Å². The number of carboxylic acids is 1. The van der Waals surface area contributed by atoms with Crippen molar-refractivity contribution in [2.24, 2.45) is 5.92 Å². The minimum absolute atomic E-state index is 0.326. The minimum atomic E-state index is -3.40. The van der Waals surface area contributed by atoms with Crippen molar-refractivity contribution in [1.82, 2.24) is 4.72 Å². The molecule has 1 saturated carbocycles. The fourth-order valence-corrected chi connectivity index (χ4v) is 3.03. The van der Waals surface area contributed by atoms with Gasteiger partial charge in [-0.15, -0.1) is 0 Å². The van der Waals surface area contributed by atoms with E-state index in [1.807, 2.05) is 0 Å². The third kappa shape index (κ3) is 5.46. The van der Waals surface area contributed by atoms with Crippen LogP contribution in [0.25, 0.3) is 0 Å². The largest absolute Gasteiger partial charge is 0.481 e. The van der Waals surface area contributed by atoms with E-state index in [2.05, 4.69) is 4.72 Å². The fraction of sp³-hybridized carbons (Fsp3) is 0.900. The summed E-state index contributed by atoms with van der Waals surface area (Å²) < 4.78 is 25.1. The number of hydrogen-bond acceptors (Lipinski definition) is 3. The Balaban J connectivity index is 2.17. The Morgan fingerprint density at radius 1 is 1.31 bits per heavy atom. The number of nitrogens with one attached hydrogen (secondary N) is 1. The molecule has 0 bridgehead atoms. The van der Waals surface area contributed by atoms with Gasteiger partial charge in [0, 0.05) is 6.54 Å². The Morgan fingerprint density at radius 2 is 1.94 bits per heavy atom. The Bertz CT molecular complexity index is 320. The van der Waals surface area contributed by atoms with E-state index in [9.17, 15) is 13.2 Å². The van der Waals surface area contributed by atoms with Crippen molar-refractivity contribution in [2.75, 3.05) is 12.3 Å². The molecule has 0 heterocycles. The van der Waals surface area contributed by atoms with Crippen molar-refractivity contribution in [1.29, 1.82) is 0 Å². The van der Waals surface area contributed by atoms with Gasteiger partial charge in [-0.2, -0.15) is 0 Å². The smallest absolute Gasteiger partial charge is 0.304 e. The van der Waals surface area contributed by atoms with Crippen LogP contribution < -0.4 is 4.72 Å². The molecule has 0 amide bonds. The normalized spacial score (nSPS) is 17.8. The van der Waals surface area contributed by atoms with Crippen LogP contribution in [0.15, 0.2) is 0 Å². The number of aliphatic carboxylic acids is 1. The molecule has 0 spiro atoms. The molecule has 94 valence electrons. The first-order valence-corrected chi connectivity index (χ1v) is 7.34. The highest BCUT2D eigenvalue weighted by Gasteiger charge is 2.16. The highest BCUT2D eigenvalue weighted by atomic mass is 32.2. The van der Waals surface area contributed by atoms with Gasteiger partial charge in [0.15, 0.2) is 0 Å². The van der Waals surface area contributed by atoms with E-state index in [1.54, 1.807) is 0 Å². The molecule has 1 fully saturated rings. The van der Waals surface area contributed by atoms with Crippen LogP contribution in [-0.4, -0.2) is 31.8 Å². The van der Waals surface area contributed by atoms with Crippen molar-refractivity contribution in [3.8, 4) is 0 Å². The van der Waals surface area contributed by atoms with E-state index in [4.69, 9.17) is 5.11 Å². The zero-order valence-corrected chi connectivity index (χ0v) is 10.1. The maximum absolute atomic E-state index is 11.3. The summed E-state index contributed by atoms with van der Waals surface area (Å²) in [5, 5.41) is 8.38. The molecule has 0 unspecified atom stereocenters. The third-order valence-corrected chi connectivity index (χ3v) is 4.32. The molecule has 16 heavy (non-hydrogen) atoms. The molecule has 1 rings (SSSR count). The average molecular weight is 249 g/mol. The van der Waals surface area contributed by atoms with Crippen LogP contribution in [0.2, 0.25) is 0 Å². The van der Waals surface area contributed by atoms with Crippen LogP contribution in [0.3, 0.4) is 0 Å². The van der Waals surface area contributed by atoms with Crippen LogP contribution in [-0.2, 0) is 14.8 Å². The van der Waals surface area contributed by atoms with Gasteiger partial charge in [0.05, 0.1) is 12.2 Å². The second-order valence-electron chi connectivity index (χ2n) is 4.30. The molecule has 1 aliphatic carbocycles. The summed E-state index contributed by atoms with van der Waals surface area (Å²) in [6.45, 7) is 0.437. The maximum Gasteiger partial charge on any atom is 0.304 e. The van der Waals surface area contributed by atoms with Crippen LogP contribution in [0.1, 0.15) is 38.5 Å². The molecule has 6 heteroatoms. The molecule has 0 aromatic carbocycles. The first kappa shape index (κ1) is 13.4. The zero-order valence-electron chi connectivity index (χ0n) is 9.31. The van der Waals surface area contributed by atoms with Gasteiger partial charge in [-0.25, -0.2) is 13.1 Å². The second-order valence-corrected chi connectivity index (χ2v) is 6.22. The highest BCUT2D eigenvalue weighted by Crippen LogP contribution is 2.26. The molecule has 5 nitrogen and oxygen atoms in total. The summed E-state index contributed by atoms with van der Waals surface area (Å²) in [6, 6.07) is 0. The molecule has 0 aromatic heterocycles. The number of carbonyl (C=O) groups is 1. The van der Waals surface area contributed by atoms with Gasteiger partial charge in [0.25, 0.3) is 0 Å². The first-order chi connectivity index (χ1) is 7.49. The van der Waals surface area contributed by atoms with Crippen LogP contribution in [0.5, 0.6) is 0 Å².